The lowest BCUT2D eigenvalue weighted by molar-refractivity contribution is 0.216. The zero-order chi connectivity index (χ0) is 16.1. The number of thiocarbonyl (C=S) groups is 1. The lowest BCUT2D eigenvalue weighted by atomic mass is 10.2. The van der Waals surface area contributed by atoms with Gasteiger partial charge in [0.15, 0.2) is 5.11 Å². The second kappa shape index (κ2) is 7.57. The maximum absolute atomic E-state index is 13.6. The SMILES string of the molecule is Fc1ccccc1NC(=S)NCC(c1ccco1)N1CCCC1. The van der Waals surface area contributed by atoms with Crippen molar-refractivity contribution in [3.63, 3.8) is 0 Å². The van der Waals surface area contributed by atoms with Crippen molar-refractivity contribution in [2.75, 3.05) is 25.0 Å². The molecule has 1 unspecified atom stereocenters. The van der Waals surface area contributed by atoms with Gasteiger partial charge < -0.3 is 15.1 Å². The van der Waals surface area contributed by atoms with Gasteiger partial charge >= 0.3 is 0 Å². The molecule has 6 heteroatoms. The molecule has 2 aromatic rings. The number of hydrogen-bond acceptors (Lipinski definition) is 3. The van der Waals surface area contributed by atoms with E-state index >= 15 is 0 Å². The Morgan fingerprint density at radius 1 is 1.22 bits per heavy atom. The average Bonchev–Trinajstić information content (AvgIpc) is 3.23. The van der Waals surface area contributed by atoms with Crippen molar-refractivity contribution in [3.05, 3.63) is 54.2 Å². The van der Waals surface area contributed by atoms with Gasteiger partial charge in [0.05, 0.1) is 18.0 Å². The number of furan rings is 1. The molecule has 1 aromatic heterocycles. The van der Waals surface area contributed by atoms with Crippen LogP contribution in [0.1, 0.15) is 24.6 Å². The minimum atomic E-state index is -0.321. The van der Waals surface area contributed by atoms with Crippen molar-refractivity contribution >= 4 is 23.0 Å². The summed E-state index contributed by atoms with van der Waals surface area (Å²) in [6, 6.07) is 10.5. The third-order valence-corrected chi connectivity index (χ3v) is 4.28. The summed E-state index contributed by atoms with van der Waals surface area (Å²) in [4.78, 5) is 2.39. The van der Waals surface area contributed by atoms with Gasteiger partial charge in [-0.2, -0.15) is 0 Å². The lowest BCUT2D eigenvalue weighted by Gasteiger charge is -2.26. The number of nitrogens with one attached hydrogen (secondary N) is 2. The molecule has 23 heavy (non-hydrogen) atoms. The van der Waals surface area contributed by atoms with Gasteiger partial charge in [-0.25, -0.2) is 4.39 Å². The molecule has 0 spiro atoms. The van der Waals surface area contributed by atoms with Crippen LogP contribution in [-0.2, 0) is 0 Å². The molecule has 0 amide bonds. The standard InChI is InChI=1S/C17H20FN3OS/c18-13-6-1-2-7-14(13)20-17(23)19-12-15(16-8-5-11-22-16)21-9-3-4-10-21/h1-2,5-8,11,15H,3-4,9-10,12H2,(H2,19,20,23). The molecule has 0 radical (unpaired) electrons. The van der Waals surface area contributed by atoms with Crippen LogP contribution in [0.4, 0.5) is 10.1 Å². The van der Waals surface area contributed by atoms with Crippen LogP contribution in [0.2, 0.25) is 0 Å². The summed E-state index contributed by atoms with van der Waals surface area (Å²) in [5.41, 5.74) is 0.376. The molecule has 1 atom stereocenters. The molecule has 2 N–H and O–H groups in total. The summed E-state index contributed by atoms with van der Waals surface area (Å²) in [7, 11) is 0. The molecule has 0 saturated carbocycles. The third kappa shape index (κ3) is 4.09. The van der Waals surface area contributed by atoms with Gasteiger partial charge in [-0.15, -0.1) is 0 Å². The second-order valence-corrected chi connectivity index (χ2v) is 6.00. The van der Waals surface area contributed by atoms with Gasteiger partial charge in [0, 0.05) is 6.54 Å². The van der Waals surface area contributed by atoms with Crippen LogP contribution in [0.15, 0.2) is 47.1 Å². The molecule has 1 aromatic carbocycles. The molecule has 1 aliphatic rings. The average molecular weight is 333 g/mol. The Hall–Kier alpha value is -1.92. The van der Waals surface area contributed by atoms with Gasteiger partial charge in [-0.05, 0) is 62.4 Å². The molecule has 122 valence electrons. The Labute approximate surface area is 140 Å². The van der Waals surface area contributed by atoms with Gasteiger partial charge in [0.1, 0.15) is 11.6 Å². The molecule has 0 bridgehead atoms. The van der Waals surface area contributed by atoms with Crippen LogP contribution >= 0.6 is 12.2 Å². The first-order valence-electron chi connectivity index (χ1n) is 7.81. The molecule has 1 saturated heterocycles. The summed E-state index contributed by atoms with van der Waals surface area (Å²) < 4.78 is 19.2. The first-order valence-corrected chi connectivity index (χ1v) is 8.22. The van der Waals surface area contributed by atoms with Crippen molar-refractivity contribution in [2.24, 2.45) is 0 Å². The van der Waals surface area contributed by atoms with E-state index < -0.39 is 0 Å². The number of nitrogens with zero attached hydrogens (tertiary/aromatic N) is 1. The Morgan fingerprint density at radius 2 is 2.00 bits per heavy atom. The fourth-order valence-electron chi connectivity index (χ4n) is 2.86. The molecule has 2 heterocycles. The van der Waals surface area contributed by atoms with E-state index in [1.165, 1.54) is 18.9 Å². The molecular formula is C17H20FN3OS. The predicted molar refractivity (Wildman–Crippen MR) is 92.9 cm³/mol. The molecule has 4 nitrogen and oxygen atoms in total. The fourth-order valence-corrected chi connectivity index (χ4v) is 3.06. The van der Waals surface area contributed by atoms with E-state index in [9.17, 15) is 4.39 Å². The van der Waals surface area contributed by atoms with Gasteiger partial charge in [0.2, 0.25) is 0 Å². The number of hydrogen-bond donors (Lipinski definition) is 2. The predicted octanol–water partition coefficient (Wildman–Crippen LogP) is 3.54. The van der Waals surface area contributed by atoms with Gasteiger partial charge in [-0.3, -0.25) is 4.90 Å². The molecule has 3 rings (SSSR count). The van der Waals surface area contributed by atoms with Crippen LogP contribution in [0.3, 0.4) is 0 Å². The number of para-hydroxylation sites is 1. The molecule has 0 aliphatic carbocycles. The monoisotopic (exact) mass is 333 g/mol. The van der Waals surface area contributed by atoms with Crippen LogP contribution in [0, 0.1) is 5.82 Å². The topological polar surface area (TPSA) is 40.4 Å². The Balaban J connectivity index is 1.60. The Bertz CT molecular complexity index is 641. The van der Waals surface area contributed by atoms with E-state index in [-0.39, 0.29) is 11.9 Å². The number of halogens is 1. The van der Waals surface area contributed by atoms with Crippen LogP contribution < -0.4 is 10.6 Å². The van der Waals surface area contributed by atoms with E-state index in [0.29, 0.717) is 17.3 Å². The number of rotatable bonds is 5. The second-order valence-electron chi connectivity index (χ2n) is 5.59. The third-order valence-electron chi connectivity index (χ3n) is 4.03. The van der Waals surface area contributed by atoms with Crippen LogP contribution in [0.25, 0.3) is 0 Å². The van der Waals surface area contributed by atoms with E-state index in [1.54, 1.807) is 24.5 Å². The zero-order valence-electron chi connectivity index (χ0n) is 12.8. The lowest BCUT2D eigenvalue weighted by Crippen LogP contribution is -2.38. The van der Waals surface area contributed by atoms with Gasteiger partial charge in [0.25, 0.3) is 0 Å². The highest BCUT2D eigenvalue weighted by Crippen LogP contribution is 2.25. The van der Waals surface area contributed by atoms with Gasteiger partial charge in [-0.1, -0.05) is 12.1 Å². The minimum Gasteiger partial charge on any atom is -0.468 e. The summed E-state index contributed by atoms with van der Waals surface area (Å²) >= 11 is 5.28. The fraction of sp³-hybridized carbons (Fsp3) is 0.353. The highest BCUT2D eigenvalue weighted by molar-refractivity contribution is 7.80. The minimum absolute atomic E-state index is 0.132. The van der Waals surface area contributed by atoms with Crippen molar-refractivity contribution in [1.82, 2.24) is 10.2 Å². The maximum atomic E-state index is 13.6. The van der Waals surface area contributed by atoms with Crippen molar-refractivity contribution < 1.29 is 8.81 Å². The first kappa shape index (κ1) is 16.0. The quantitative estimate of drug-likeness (QED) is 0.819. The van der Waals surface area contributed by atoms with Crippen molar-refractivity contribution in [1.29, 1.82) is 0 Å². The maximum Gasteiger partial charge on any atom is 0.170 e. The highest BCUT2D eigenvalue weighted by Gasteiger charge is 2.25. The summed E-state index contributed by atoms with van der Waals surface area (Å²) in [6.07, 6.45) is 4.10. The zero-order valence-corrected chi connectivity index (χ0v) is 13.6. The van der Waals surface area contributed by atoms with Crippen LogP contribution in [-0.4, -0.2) is 29.6 Å². The Kier molecular flexibility index (Phi) is 5.25. The smallest absolute Gasteiger partial charge is 0.170 e. The molecular weight excluding hydrogens is 313 g/mol. The van der Waals surface area contributed by atoms with E-state index in [1.807, 2.05) is 12.1 Å². The molecule has 1 aliphatic heterocycles. The largest absolute Gasteiger partial charge is 0.468 e. The van der Waals surface area contributed by atoms with Crippen LogP contribution in [0.5, 0.6) is 0 Å². The van der Waals surface area contributed by atoms with Crippen molar-refractivity contribution in [3.8, 4) is 0 Å². The van der Waals surface area contributed by atoms with E-state index in [2.05, 4.69) is 15.5 Å². The van der Waals surface area contributed by atoms with E-state index in [4.69, 9.17) is 16.6 Å². The number of likely N-dealkylation sites (tertiary alicyclic amines) is 1. The van der Waals surface area contributed by atoms with E-state index in [0.717, 1.165) is 18.8 Å². The number of anilines is 1. The first-order chi connectivity index (χ1) is 11.2. The Morgan fingerprint density at radius 3 is 2.70 bits per heavy atom. The summed E-state index contributed by atoms with van der Waals surface area (Å²) in [5.74, 6) is 0.604. The molecule has 1 fully saturated rings. The summed E-state index contributed by atoms with van der Waals surface area (Å²) in [6.45, 7) is 2.73. The van der Waals surface area contributed by atoms with Crippen molar-refractivity contribution in [2.45, 2.75) is 18.9 Å². The highest BCUT2D eigenvalue weighted by atomic mass is 32.1. The normalized spacial score (nSPS) is 16.2. The number of benzene rings is 1. The summed E-state index contributed by atoms with van der Waals surface area (Å²) in [5, 5.41) is 6.48.